The molecule has 0 saturated carbocycles. The minimum Gasteiger partial charge on any atom is -0.505 e. The number of halogens is 2. The molecule has 0 amide bonds. The van der Waals surface area contributed by atoms with E-state index in [0.29, 0.717) is 12.0 Å². The molecular weight excluding hydrogens is 226 g/mol. The van der Waals surface area contributed by atoms with Crippen LogP contribution in [0.4, 0.5) is 8.78 Å². The topological polar surface area (TPSA) is 35.5 Å². The molecule has 1 aliphatic heterocycles. The molecule has 3 nitrogen and oxygen atoms in total. The maximum absolute atomic E-state index is 13.1. The minimum atomic E-state index is -1.15. The summed E-state index contributed by atoms with van der Waals surface area (Å²) in [6, 6.07) is 2.50. The lowest BCUT2D eigenvalue weighted by Gasteiger charge is -2.27. The molecule has 1 saturated heterocycles. The minimum absolute atomic E-state index is 0.461. The van der Waals surface area contributed by atoms with Crippen molar-refractivity contribution >= 4 is 0 Å². The van der Waals surface area contributed by atoms with Gasteiger partial charge in [-0.1, -0.05) is 6.07 Å². The van der Waals surface area contributed by atoms with E-state index >= 15 is 0 Å². The molecule has 0 aliphatic carbocycles. The molecule has 0 spiro atoms. The largest absolute Gasteiger partial charge is 0.505 e. The molecule has 1 aromatic rings. The summed E-state index contributed by atoms with van der Waals surface area (Å²) in [6.07, 6.45) is 0.531. The molecule has 0 bridgehead atoms. The first-order valence-corrected chi connectivity index (χ1v) is 5.77. The zero-order valence-corrected chi connectivity index (χ0v) is 9.55. The number of piperazine rings is 1. The summed E-state index contributed by atoms with van der Waals surface area (Å²) in [5, 5.41) is 12.7. The molecule has 1 aromatic carbocycles. The predicted molar refractivity (Wildman–Crippen MR) is 61.0 cm³/mol. The monoisotopic (exact) mass is 242 g/mol. The quantitative estimate of drug-likeness (QED) is 0.833. The van der Waals surface area contributed by atoms with Crippen LogP contribution in [0, 0.1) is 11.6 Å². The van der Waals surface area contributed by atoms with E-state index in [2.05, 4.69) is 10.2 Å². The van der Waals surface area contributed by atoms with E-state index < -0.39 is 17.4 Å². The molecule has 0 unspecified atom stereocenters. The Morgan fingerprint density at radius 3 is 2.65 bits per heavy atom. The summed E-state index contributed by atoms with van der Waals surface area (Å²) < 4.78 is 25.9. The van der Waals surface area contributed by atoms with Crippen molar-refractivity contribution < 1.29 is 13.9 Å². The molecule has 1 heterocycles. The van der Waals surface area contributed by atoms with Gasteiger partial charge in [-0.3, -0.25) is 0 Å². The number of benzene rings is 1. The number of phenols is 1. The van der Waals surface area contributed by atoms with Crippen molar-refractivity contribution in [3.63, 3.8) is 0 Å². The van der Waals surface area contributed by atoms with Gasteiger partial charge in [0.25, 0.3) is 0 Å². The maximum Gasteiger partial charge on any atom is 0.200 e. The smallest absolute Gasteiger partial charge is 0.200 e. The summed E-state index contributed by atoms with van der Waals surface area (Å²) in [5.74, 6) is -2.71. The standard InChI is InChI=1S/C12H16F2N2O/c13-10-2-1-9(12(17)11(10)14)3-6-16-7-4-15-5-8-16/h1-2,15,17H,3-8H2. The van der Waals surface area contributed by atoms with Crippen molar-refractivity contribution in [1.29, 1.82) is 0 Å². The summed E-state index contributed by atoms with van der Waals surface area (Å²) in [4.78, 5) is 2.23. The number of nitrogens with one attached hydrogen (secondary N) is 1. The summed E-state index contributed by atoms with van der Waals surface area (Å²) in [6.45, 7) is 4.54. The Balaban J connectivity index is 1.96. The molecule has 0 aromatic heterocycles. The van der Waals surface area contributed by atoms with E-state index in [-0.39, 0.29) is 0 Å². The van der Waals surface area contributed by atoms with Crippen LogP contribution in [-0.2, 0) is 6.42 Å². The van der Waals surface area contributed by atoms with Crippen molar-refractivity contribution in [3.8, 4) is 5.75 Å². The predicted octanol–water partition coefficient (Wildman–Crippen LogP) is 1.12. The third kappa shape index (κ3) is 2.92. The Hall–Kier alpha value is -1.20. The highest BCUT2D eigenvalue weighted by atomic mass is 19.2. The molecule has 0 radical (unpaired) electrons. The number of phenolic OH excluding ortho intramolecular Hbond substituents is 1. The van der Waals surface area contributed by atoms with Crippen LogP contribution >= 0.6 is 0 Å². The lowest BCUT2D eigenvalue weighted by molar-refractivity contribution is 0.243. The Morgan fingerprint density at radius 1 is 1.24 bits per heavy atom. The van der Waals surface area contributed by atoms with Gasteiger partial charge in [-0.15, -0.1) is 0 Å². The highest BCUT2D eigenvalue weighted by Gasteiger charge is 2.14. The van der Waals surface area contributed by atoms with Gasteiger partial charge in [0.05, 0.1) is 0 Å². The Kier molecular flexibility index (Phi) is 3.91. The first kappa shape index (κ1) is 12.3. The molecule has 5 heteroatoms. The lowest BCUT2D eigenvalue weighted by Crippen LogP contribution is -2.44. The van der Waals surface area contributed by atoms with Crippen LogP contribution in [-0.4, -0.2) is 42.7 Å². The van der Waals surface area contributed by atoms with Crippen LogP contribution in [0.2, 0.25) is 0 Å². The summed E-state index contributed by atoms with van der Waals surface area (Å²) >= 11 is 0. The fraction of sp³-hybridized carbons (Fsp3) is 0.500. The highest BCUT2D eigenvalue weighted by Crippen LogP contribution is 2.24. The van der Waals surface area contributed by atoms with E-state index in [1.807, 2.05) is 0 Å². The SMILES string of the molecule is Oc1c(CCN2CCNCC2)ccc(F)c1F. The van der Waals surface area contributed by atoms with E-state index in [0.717, 1.165) is 38.8 Å². The van der Waals surface area contributed by atoms with Gasteiger partial charge < -0.3 is 15.3 Å². The fourth-order valence-corrected chi connectivity index (χ4v) is 1.99. The average Bonchev–Trinajstić information content (AvgIpc) is 2.36. The van der Waals surface area contributed by atoms with Crippen LogP contribution in [0.5, 0.6) is 5.75 Å². The van der Waals surface area contributed by atoms with E-state index in [1.54, 1.807) is 0 Å². The van der Waals surface area contributed by atoms with Gasteiger partial charge in [0.15, 0.2) is 11.6 Å². The van der Waals surface area contributed by atoms with Crippen molar-refractivity contribution in [1.82, 2.24) is 10.2 Å². The number of rotatable bonds is 3. The van der Waals surface area contributed by atoms with E-state index in [4.69, 9.17) is 0 Å². The normalized spacial score (nSPS) is 17.3. The first-order chi connectivity index (χ1) is 8.18. The molecule has 17 heavy (non-hydrogen) atoms. The zero-order valence-electron chi connectivity index (χ0n) is 9.55. The van der Waals surface area contributed by atoms with E-state index in [1.165, 1.54) is 6.07 Å². The van der Waals surface area contributed by atoms with Gasteiger partial charge in [0, 0.05) is 32.7 Å². The van der Waals surface area contributed by atoms with Crippen molar-refractivity contribution in [3.05, 3.63) is 29.3 Å². The van der Waals surface area contributed by atoms with Crippen LogP contribution in [0.15, 0.2) is 12.1 Å². The van der Waals surface area contributed by atoms with E-state index in [9.17, 15) is 13.9 Å². The molecular formula is C12H16F2N2O. The maximum atomic E-state index is 13.1. The van der Waals surface area contributed by atoms with Crippen molar-refractivity contribution in [2.45, 2.75) is 6.42 Å². The molecule has 2 N–H and O–H groups in total. The first-order valence-electron chi connectivity index (χ1n) is 5.77. The molecule has 1 aliphatic rings. The second-order valence-corrected chi connectivity index (χ2v) is 4.21. The van der Waals surface area contributed by atoms with Crippen LogP contribution in [0.3, 0.4) is 0 Å². The Labute approximate surface area is 99.1 Å². The fourth-order valence-electron chi connectivity index (χ4n) is 1.99. The van der Waals surface area contributed by atoms with Crippen LogP contribution < -0.4 is 5.32 Å². The second-order valence-electron chi connectivity index (χ2n) is 4.21. The molecule has 94 valence electrons. The van der Waals surface area contributed by atoms with Gasteiger partial charge in [-0.2, -0.15) is 4.39 Å². The number of hydrogen-bond acceptors (Lipinski definition) is 3. The van der Waals surface area contributed by atoms with Crippen molar-refractivity contribution in [2.24, 2.45) is 0 Å². The zero-order chi connectivity index (χ0) is 12.3. The number of aromatic hydroxyl groups is 1. The van der Waals surface area contributed by atoms with Crippen LogP contribution in [0.25, 0.3) is 0 Å². The third-order valence-electron chi connectivity index (χ3n) is 3.06. The van der Waals surface area contributed by atoms with Gasteiger partial charge in [-0.05, 0) is 18.1 Å². The lowest BCUT2D eigenvalue weighted by atomic mass is 10.1. The van der Waals surface area contributed by atoms with Gasteiger partial charge in [-0.25, -0.2) is 4.39 Å². The second kappa shape index (κ2) is 5.42. The van der Waals surface area contributed by atoms with Gasteiger partial charge in [0.1, 0.15) is 0 Å². The molecule has 1 fully saturated rings. The number of nitrogens with zero attached hydrogens (tertiary/aromatic N) is 1. The summed E-state index contributed by atoms with van der Waals surface area (Å²) in [5.41, 5.74) is 0.461. The summed E-state index contributed by atoms with van der Waals surface area (Å²) in [7, 11) is 0. The van der Waals surface area contributed by atoms with Gasteiger partial charge in [0.2, 0.25) is 5.82 Å². The van der Waals surface area contributed by atoms with Gasteiger partial charge >= 0.3 is 0 Å². The Morgan fingerprint density at radius 2 is 1.94 bits per heavy atom. The highest BCUT2D eigenvalue weighted by molar-refractivity contribution is 5.34. The van der Waals surface area contributed by atoms with Crippen molar-refractivity contribution in [2.75, 3.05) is 32.7 Å². The Bertz CT molecular complexity index is 392. The molecule has 2 rings (SSSR count). The third-order valence-corrected chi connectivity index (χ3v) is 3.06. The average molecular weight is 242 g/mol. The number of hydrogen-bond donors (Lipinski definition) is 2. The van der Waals surface area contributed by atoms with Crippen LogP contribution in [0.1, 0.15) is 5.56 Å². The molecule has 0 atom stereocenters.